The molecule has 3 aromatic rings. The Morgan fingerprint density at radius 2 is 2.07 bits per heavy atom. The standard InChI is InChI=1S/C22H21N5O2S/c1-28-17-7-5-15(6-8-17)13-27-22(24-25-26-27)20-11-9-18(29-20)10-12-21-23-19(14-30-21)16-3-2-4-16/h5-9,11,14,16,25-26H,2-4,13H2,1H3. The quantitative estimate of drug-likeness (QED) is 0.616. The van der Waals surface area contributed by atoms with Crippen molar-refractivity contribution in [2.45, 2.75) is 31.7 Å². The first kappa shape index (κ1) is 18.7. The van der Waals surface area contributed by atoms with E-state index >= 15 is 0 Å². The van der Waals surface area contributed by atoms with Crippen LogP contribution in [0.25, 0.3) is 0 Å². The van der Waals surface area contributed by atoms with Gasteiger partial charge in [0.2, 0.25) is 5.84 Å². The summed E-state index contributed by atoms with van der Waals surface area (Å²) in [4.78, 5) is 4.65. The summed E-state index contributed by atoms with van der Waals surface area (Å²) in [5.41, 5.74) is 8.10. The van der Waals surface area contributed by atoms with E-state index in [9.17, 15) is 0 Å². The highest BCUT2D eigenvalue weighted by Crippen LogP contribution is 2.36. The van der Waals surface area contributed by atoms with Crippen molar-refractivity contribution >= 4 is 17.2 Å². The number of ether oxygens (including phenoxy) is 1. The third-order valence-corrected chi connectivity index (χ3v) is 6.04. The van der Waals surface area contributed by atoms with Gasteiger partial charge < -0.3 is 9.15 Å². The van der Waals surface area contributed by atoms with Crippen LogP contribution in [0.4, 0.5) is 0 Å². The Morgan fingerprint density at radius 3 is 2.83 bits per heavy atom. The zero-order valence-corrected chi connectivity index (χ0v) is 17.3. The minimum absolute atomic E-state index is 0.587. The molecule has 0 atom stereocenters. The summed E-state index contributed by atoms with van der Waals surface area (Å²) >= 11 is 1.60. The molecular formula is C22H21N5O2S. The van der Waals surface area contributed by atoms with Crippen molar-refractivity contribution in [2.75, 3.05) is 7.11 Å². The molecule has 2 aromatic heterocycles. The molecule has 0 spiro atoms. The Balaban J connectivity index is 1.26. The molecule has 1 aliphatic carbocycles. The predicted molar refractivity (Wildman–Crippen MR) is 115 cm³/mol. The number of aromatic nitrogens is 1. The summed E-state index contributed by atoms with van der Waals surface area (Å²) in [6, 6.07) is 11.6. The molecule has 5 rings (SSSR count). The maximum absolute atomic E-state index is 5.91. The molecule has 8 heteroatoms. The number of nitrogens with zero attached hydrogens (tertiary/aromatic N) is 3. The van der Waals surface area contributed by atoms with Gasteiger partial charge in [-0.2, -0.15) is 0 Å². The highest BCUT2D eigenvalue weighted by Gasteiger charge is 2.23. The van der Waals surface area contributed by atoms with E-state index in [-0.39, 0.29) is 0 Å². The Morgan fingerprint density at radius 1 is 1.20 bits per heavy atom. The molecule has 3 heterocycles. The van der Waals surface area contributed by atoms with Gasteiger partial charge in [-0.05, 0) is 54.5 Å². The van der Waals surface area contributed by atoms with Crippen LogP contribution in [0.1, 0.15) is 53.0 Å². The molecule has 0 radical (unpaired) electrons. The molecule has 0 unspecified atom stereocenters. The van der Waals surface area contributed by atoms with Crippen LogP contribution < -0.4 is 15.8 Å². The van der Waals surface area contributed by atoms with Crippen molar-refractivity contribution in [3.8, 4) is 17.6 Å². The van der Waals surface area contributed by atoms with Gasteiger partial charge in [0, 0.05) is 11.3 Å². The van der Waals surface area contributed by atoms with E-state index in [2.05, 4.69) is 38.4 Å². The molecule has 2 N–H and O–H groups in total. The van der Waals surface area contributed by atoms with Crippen molar-refractivity contribution in [1.29, 1.82) is 0 Å². The second-order valence-electron chi connectivity index (χ2n) is 7.21. The first-order valence-corrected chi connectivity index (χ1v) is 10.7. The van der Waals surface area contributed by atoms with Crippen molar-refractivity contribution in [3.63, 3.8) is 0 Å². The first-order valence-electron chi connectivity index (χ1n) is 9.85. The lowest BCUT2D eigenvalue weighted by molar-refractivity contribution is 0.284. The van der Waals surface area contributed by atoms with Gasteiger partial charge >= 0.3 is 0 Å². The van der Waals surface area contributed by atoms with Crippen LogP contribution in [0.3, 0.4) is 0 Å². The van der Waals surface area contributed by atoms with Gasteiger partial charge in [-0.15, -0.1) is 22.0 Å². The highest BCUT2D eigenvalue weighted by molar-refractivity contribution is 7.10. The molecule has 1 aliphatic heterocycles. The van der Waals surface area contributed by atoms with Crippen LogP contribution in [-0.2, 0) is 6.54 Å². The van der Waals surface area contributed by atoms with E-state index in [0.29, 0.717) is 29.8 Å². The topological polar surface area (TPSA) is 74.9 Å². The normalized spacial score (nSPS) is 15.8. The van der Waals surface area contributed by atoms with Crippen LogP contribution in [0.15, 0.2) is 51.3 Å². The SMILES string of the molecule is COc1ccc(CN2NNN=C2c2ccc(C#Cc3nc(C4CCC4)cs3)o2)cc1. The summed E-state index contributed by atoms with van der Waals surface area (Å²) in [6.07, 6.45) is 3.80. The van der Waals surface area contributed by atoms with Crippen LogP contribution in [0.5, 0.6) is 5.75 Å². The van der Waals surface area contributed by atoms with E-state index < -0.39 is 0 Å². The average Bonchev–Trinajstić information content (AvgIpc) is 3.46. The van der Waals surface area contributed by atoms with E-state index in [1.54, 1.807) is 18.4 Å². The number of amidine groups is 1. The van der Waals surface area contributed by atoms with E-state index in [1.165, 1.54) is 25.0 Å². The smallest absolute Gasteiger partial charge is 0.209 e. The number of rotatable bonds is 5. The molecule has 0 amide bonds. The predicted octanol–water partition coefficient (Wildman–Crippen LogP) is 3.60. The first-order chi connectivity index (χ1) is 14.8. The van der Waals surface area contributed by atoms with Gasteiger partial charge in [-0.1, -0.05) is 18.6 Å². The Kier molecular flexibility index (Phi) is 5.13. The van der Waals surface area contributed by atoms with Gasteiger partial charge in [-0.3, -0.25) is 5.01 Å². The lowest BCUT2D eigenvalue weighted by atomic mass is 9.83. The second-order valence-corrected chi connectivity index (χ2v) is 8.07. The third kappa shape index (κ3) is 3.90. The molecule has 1 aromatic carbocycles. The van der Waals surface area contributed by atoms with Gasteiger partial charge in [0.05, 0.1) is 19.3 Å². The molecule has 152 valence electrons. The van der Waals surface area contributed by atoms with Crippen LogP contribution >= 0.6 is 11.3 Å². The average molecular weight is 420 g/mol. The van der Waals surface area contributed by atoms with Crippen molar-refractivity contribution in [1.82, 2.24) is 21.1 Å². The second kappa shape index (κ2) is 8.22. The van der Waals surface area contributed by atoms with Gasteiger partial charge in [0.25, 0.3) is 0 Å². The van der Waals surface area contributed by atoms with E-state index in [0.717, 1.165) is 16.3 Å². The molecule has 1 saturated carbocycles. The number of hydrogen-bond acceptors (Lipinski definition) is 8. The van der Waals surface area contributed by atoms with Gasteiger partial charge in [0.1, 0.15) is 5.75 Å². The minimum atomic E-state index is 0.587. The lowest BCUT2D eigenvalue weighted by Gasteiger charge is -2.22. The summed E-state index contributed by atoms with van der Waals surface area (Å²) in [5, 5.41) is 9.13. The van der Waals surface area contributed by atoms with Gasteiger partial charge in [0.15, 0.2) is 16.5 Å². The maximum atomic E-state index is 5.91. The fourth-order valence-electron chi connectivity index (χ4n) is 3.34. The molecule has 1 fully saturated rings. The van der Waals surface area contributed by atoms with E-state index in [4.69, 9.17) is 9.15 Å². The van der Waals surface area contributed by atoms with Crippen molar-refractivity contribution < 1.29 is 9.15 Å². The molecule has 2 aliphatic rings. The number of thiazole rings is 1. The number of hydrazine groups is 2. The molecule has 30 heavy (non-hydrogen) atoms. The zero-order chi connectivity index (χ0) is 20.3. The minimum Gasteiger partial charge on any atom is -0.497 e. The lowest BCUT2D eigenvalue weighted by Crippen LogP contribution is -2.40. The number of benzene rings is 1. The number of furan rings is 1. The maximum Gasteiger partial charge on any atom is 0.209 e. The molecule has 0 bridgehead atoms. The monoisotopic (exact) mass is 419 g/mol. The number of hydrogen-bond donors (Lipinski definition) is 2. The molecular weight excluding hydrogens is 398 g/mol. The Labute approximate surface area is 178 Å². The molecule has 7 nitrogen and oxygen atoms in total. The number of hydrazone groups is 1. The fourth-order valence-corrected chi connectivity index (χ4v) is 4.09. The van der Waals surface area contributed by atoms with E-state index in [1.807, 2.05) is 41.4 Å². The highest BCUT2D eigenvalue weighted by atomic mass is 32.1. The van der Waals surface area contributed by atoms with Gasteiger partial charge in [-0.25, -0.2) is 10.5 Å². The molecule has 0 saturated heterocycles. The summed E-state index contributed by atoms with van der Waals surface area (Å²) in [5.74, 6) is 9.54. The third-order valence-electron chi connectivity index (χ3n) is 5.27. The van der Waals surface area contributed by atoms with Crippen LogP contribution in [0.2, 0.25) is 0 Å². The summed E-state index contributed by atoms with van der Waals surface area (Å²) in [7, 11) is 1.66. The van der Waals surface area contributed by atoms with Crippen LogP contribution in [-0.4, -0.2) is 22.9 Å². The zero-order valence-electron chi connectivity index (χ0n) is 16.5. The number of nitrogens with one attached hydrogen (secondary N) is 2. The van der Waals surface area contributed by atoms with Crippen molar-refractivity contribution in [3.05, 3.63) is 69.6 Å². The Bertz CT molecular complexity index is 1120. The van der Waals surface area contributed by atoms with Crippen molar-refractivity contribution in [2.24, 2.45) is 5.10 Å². The largest absolute Gasteiger partial charge is 0.497 e. The summed E-state index contributed by atoms with van der Waals surface area (Å²) < 4.78 is 11.1. The summed E-state index contributed by atoms with van der Waals surface area (Å²) in [6.45, 7) is 0.612. The number of methoxy groups -OCH3 is 1. The van der Waals surface area contributed by atoms with Crippen LogP contribution in [0, 0.1) is 11.8 Å². The Hall–Kier alpha value is -3.28. The fraction of sp³-hybridized carbons (Fsp3) is 0.273.